The summed E-state index contributed by atoms with van der Waals surface area (Å²) in [6.07, 6.45) is 0.769. The minimum absolute atomic E-state index is 0.192. The lowest BCUT2D eigenvalue weighted by molar-refractivity contribution is 0.625. The Balaban J connectivity index is 1.94. The van der Waals surface area contributed by atoms with Crippen LogP contribution in [0.3, 0.4) is 0 Å². The van der Waals surface area contributed by atoms with Gasteiger partial charge >= 0.3 is 0 Å². The molecule has 3 heteroatoms. The highest BCUT2D eigenvalue weighted by molar-refractivity contribution is 5.69. The third kappa shape index (κ3) is 3.00. The van der Waals surface area contributed by atoms with Crippen LogP contribution in [-0.2, 0) is 6.42 Å². The SMILES string of the molecule is Cc1cccc(NCCc2cccc(F)c2)c1N. The van der Waals surface area contributed by atoms with Gasteiger partial charge in [-0.1, -0.05) is 24.3 Å². The molecule has 2 aromatic carbocycles. The summed E-state index contributed by atoms with van der Waals surface area (Å²) in [5, 5.41) is 3.27. The Labute approximate surface area is 107 Å². The molecule has 2 aromatic rings. The molecule has 0 saturated heterocycles. The minimum atomic E-state index is -0.192. The lowest BCUT2D eigenvalue weighted by Crippen LogP contribution is -2.07. The molecule has 0 heterocycles. The van der Waals surface area contributed by atoms with Crippen molar-refractivity contribution in [1.29, 1.82) is 0 Å². The van der Waals surface area contributed by atoms with E-state index >= 15 is 0 Å². The van der Waals surface area contributed by atoms with Gasteiger partial charge in [0.2, 0.25) is 0 Å². The van der Waals surface area contributed by atoms with Crippen molar-refractivity contribution in [2.24, 2.45) is 0 Å². The van der Waals surface area contributed by atoms with Crippen molar-refractivity contribution in [3.05, 3.63) is 59.4 Å². The van der Waals surface area contributed by atoms with E-state index in [1.807, 2.05) is 31.2 Å². The molecule has 0 aliphatic rings. The van der Waals surface area contributed by atoms with Crippen LogP contribution in [0.2, 0.25) is 0 Å². The second-order valence-electron chi connectivity index (χ2n) is 4.34. The Morgan fingerprint density at radius 1 is 1.17 bits per heavy atom. The molecular formula is C15H17FN2. The third-order valence-electron chi connectivity index (χ3n) is 2.94. The van der Waals surface area contributed by atoms with Crippen molar-refractivity contribution < 1.29 is 4.39 Å². The molecule has 2 nitrogen and oxygen atoms in total. The summed E-state index contributed by atoms with van der Waals surface area (Å²) in [5.41, 5.74) is 9.72. The first-order valence-corrected chi connectivity index (χ1v) is 6.00. The average Bonchev–Trinajstić information content (AvgIpc) is 2.35. The van der Waals surface area contributed by atoms with E-state index in [9.17, 15) is 4.39 Å². The highest BCUT2D eigenvalue weighted by Crippen LogP contribution is 2.21. The van der Waals surface area contributed by atoms with Crippen molar-refractivity contribution in [1.82, 2.24) is 0 Å². The van der Waals surface area contributed by atoms with E-state index in [4.69, 9.17) is 5.73 Å². The maximum atomic E-state index is 13.0. The summed E-state index contributed by atoms with van der Waals surface area (Å²) in [6, 6.07) is 12.6. The Bertz CT molecular complexity index is 538. The zero-order valence-corrected chi connectivity index (χ0v) is 10.4. The van der Waals surface area contributed by atoms with Crippen LogP contribution in [-0.4, -0.2) is 6.54 Å². The second-order valence-corrected chi connectivity index (χ2v) is 4.34. The molecule has 0 fully saturated rings. The maximum absolute atomic E-state index is 13.0. The van der Waals surface area contributed by atoms with Gasteiger partial charge in [0.25, 0.3) is 0 Å². The predicted octanol–water partition coefficient (Wildman–Crippen LogP) is 3.37. The molecule has 0 aliphatic heterocycles. The second kappa shape index (κ2) is 5.54. The number of anilines is 2. The summed E-state index contributed by atoms with van der Waals surface area (Å²) in [4.78, 5) is 0. The number of nitrogens with two attached hydrogens (primary N) is 1. The molecule has 0 aromatic heterocycles. The van der Waals surface area contributed by atoms with Gasteiger partial charge in [0.05, 0.1) is 11.4 Å². The molecule has 94 valence electrons. The maximum Gasteiger partial charge on any atom is 0.123 e. The number of nitrogens with one attached hydrogen (secondary N) is 1. The van der Waals surface area contributed by atoms with Gasteiger partial charge in [-0.15, -0.1) is 0 Å². The summed E-state index contributed by atoms with van der Waals surface area (Å²) < 4.78 is 13.0. The number of benzene rings is 2. The van der Waals surface area contributed by atoms with E-state index in [1.54, 1.807) is 12.1 Å². The third-order valence-corrected chi connectivity index (χ3v) is 2.94. The molecule has 0 radical (unpaired) electrons. The van der Waals surface area contributed by atoms with Crippen molar-refractivity contribution in [2.45, 2.75) is 13.3 Å². The zero-order chi connectivity index (χ0) is 13.0. The molecular weight excluding hydrogens is 227 g/mol. The molecule has 0 atom stereocenters. The van der Waals surface area contributed by atoms with Gasteiger partial charge < -0.3 is 11.1 Å². The van der Waals surface area contributed by atoms with Crippen LogP contribution in [0.15, 0.2) is 42.5 Å². The van der Waals surface area contributed by atoms with Gasteiger partial charge in [-0.25, -0.2) is 4.39 Å². The first-order chi connectivity index (χ1) is 8.66. The molecule has 2 rings (SSSR count). The molecule has 0 aliphatic carbocycles. The summed E-state index contributed by atoms with van der Waals surface area (Å²) >= 11 is 0. The standard InChI is InChI=1S/C15H17FN2/c1-11-4-2-7-14(15(11)17)18-9-8-12-5-3-6-13(16)10-12/h2-7,10,18H,8-9,17H2,1H3. The van der Waals surface area contributed by atoms with E-state index < -0.39 is 0 Å². The largest absolute Gasteiger partial charge is 0.397 e. The van der Waals surface area contributed by atoms with Crippen LogP contribution in [0.25, 0.3) is 0 Å². The van der Waals surface area contributed by atoms with Crippen LogP contribution in [0.1, 0.15) is 11.1 Å². The van der Waals surface area contributed by atoms with E-state index in [-0.39, 0.29) is 5.82 Å². The van der Waals surface area contributed by atoms with Gasteiger partial charge in [0.1, 0.15) is 5.82 Å². The van der Waals surface area contributed by atoms with Crippen LogP contribution in [0.4, 0.5) is 15.8 Å². The first kappa shape index (κ1) is 12.4. The van der Waals surface area contributed by atoms with Gasteiger partial charge in [-0.3, -0.25) is 0 Å². The van der Waals surface area contributed by atoms with Crippen LogP contribution in [0, 0.1) is 12.7 Å². The first-order valence-electron chi connectivity index (χ1n) is 6.00. The van der Waals surface area contributed by atoms with Crippen LogP contribution in [0.5, 0.6) is 0 Å². The Hall–Kier alpha value is -2.03. The fourth-order valence-corrected chi connectivity index (χ4v) is 1.87. The van der Waals surface area contributed by atoms with E-state index in [0.717, 1.165) is 35.5 Å². The molecule has 18 heavy (non-hydrogen) atoms. The molecule has 0 amide bonds. The predicted molar refractivity (Wildman–Crippen MR) is 74.2 cm³/mol. The highest BCUT2D eigenvalue weighted by Gasteiger charge is 2.01. The van der Waals surface area contributed by atoms with Crippen molar-refractivity contribution >= 4 is 11.4 Å². The smallest absolute Gasteiger partial charge is 0.123 e. The number of hydrogen-bond donors (Lipinski definition) is 2. The van der Waals surface area contributed by atoms with Crippen LogP contribution >= 0.6 is 0 Å². The summed E-state index contributed by atoms with van der Waals surface area (Å²) in [6.45, 7) is 2.71. The van der Waals surface area contributed by atoms with Crippen LogP contribution < -0.4 is 11.1 Å². The lowest BCUT2D eigenvalue weighted by atomic mass is 10.1. The number of halogens is 1. The zero-order valence-electron chi connectivity index (χ0n) is 10.4. The number of hydrogen-bond acceptors (Lipinski definition) is 2. The summed E-state index contributed by atoms with van der Waals surface area (Å²) in [7, 11) is 0. The lowest BCUT2D eigenvalue weighted by Gasteiger charge is -2.11. The van der Waals surface area contributed by atoms with Crippen molar-refractivity contribution in [3.63, 3.8) is 0 Å². The average molecular weight is 244 g/mol. The summed E-state index contributed by atoms with van der Waals surface area (Å²) in [5.74, 6) is -0.192. The molecule has 0 bridgehead atoms. The molecule has 3 N–H and O–H groups in total. The Kier molecular flexibility index (Phi) is 3.82. The van der Waals surface area contributed by atoms with E-state index in [2.05, 4.69) is 5.32 Å². The normalized spacial score (nSPS) is 10.3. The van der Waals surface area contributed by atoms with Gasteiger partial charge in [0, 0.05) is 6.54 Å². The number of para-hydroxylation sites is 1. The fraction of sp³-hybridized carbons (Fsp3) is 0.200. The minimum Gasteiger partial charge on any atom is -0.397 e. The van der Waals surface area contributed by atoms with Crippen molar-refractivity contribution in [2.75, 3.05) is 17.6 Å². The van der Waals surface area contributed by atoms with E-state index in [0.29, 0.717) is 0 Å². The topological polar surface area (TPSA) is 38.0 Å². The van der Waals surface area contributed by atoms with Gasteiger partial charge in [0.15, 0.2) is 0 Å². The quantitative estimate of drug-likeness (QED) is 0.809. The molecule has 0 spiro atoms. The molecule has 0 unspecified atom stereocenters. The van der Waals surface area contributed by atoms with Gasteiger partial charge in [-0.05, 0) is 42.7 Å². The Morgan fingerprint density at radius 2 is 1.94 bits per heavy atom. The Morgan fingerprint density at radius 3 is 2.72 bits per heavy atom. The van der Waals surface area contributed by atoms with Gasteiger partial charge in [-0.2, -0.15) is 0 Å². The number of aryl methyl sites for hydroxylation is 1. The van der Waals surface area contributed by atoms with Crippen molar-refractivity contribution in [3.8, 4) is 0 Å². The fourth-order valence-electron chi connectivity index (χ4n) is 1.87. The number of rotatable bonds is 4. The number of nitrogen functional groups attached to an aromatic ring is 1. The monoisotopic (exact) mass is 244 g/mol. The van der Waals surface area contributed by atoms with E-state index in [1.165, 1.54) is 6.07 Å². The molecule has 0 saturated carbocycles. The highest BCUT2D eigenvalue weighted by atomic mass is 19.1.